The summed E-state index contributed by atoms with van der Waals surface area (Å²) in [5.74, 6) is 1.04. The number of halogens is 2. The van der Waals surface area contributed by atoms with E-state index in [-0.39, 0.29) is 23.9 Å². The fourth-order valence-corrected chi connectivity index (χ4v) is 4.81. The van der Waals surface area contributed by atoms with E-state index in [1.807, 2.05) is 37.3 Å². The molecule has 5 nitrogen and oxygen atoms in total. The molecule has 1 atom stereocenters. The van der Waals surface area contributed by atoms with Crippen LogP contribution in [-0.2, 0) is 0 Å². The molecule has 3 aromatic rings. The largest absolute Gasteiger partial charge is 0.508 e. The van der Waals surface area contributed by atoms with Gasteiger partial charge in [0.25, 0.3) is 0 Å². The zero-order chi connectivity index (χ0) is 25.2. The molecule has 1 unspecified atom stereocenters. The van der Waals surface area contributed by atoms with E-state index in [1.165, 1.54) is 12.1 Å². The molecule has 0 aromatic heterocycles. The average Bonchev–Trinajstić information content (AvgIpc) is 2.86. The Kier molecular flexibility index (Phi) is 6.62. The Labute approximate surface area is 208 Å². The van der Waals surface area contributed by atoms with Gasteiger partial charge in [0.2, 0.25) is 0 Å². The first-order valence-electron chi connectivity index (χ1n) is 11.9. The zero-order valence-corrected chi connectivity index (χ0v) is 19.9. The third-order valence-electron chi connectivity index (χ3n) is 6.79. The van der Waals surface area contributed by atoms with Gasteiger partial charge in [-0.15, -0.1) is 0 Å². The molecule has 1 fully saturated rings. The summed E-state index contributed by atoms with van der Waals surface area (Å²) in [6.45, 7) is 4.50. The second kappa shape index (κ2) is 10.00. The van der Waals surface area contributed by atoms with Crippen LogP contribution in [0.1, 0.15) is 35.3 Å². The van der Waals surface area contributed by atoms with Crippen molar-refractivity contribution in [3.63, 3.8) is 0 Å². The molecule has 0 saturated carbocycles. The van der Waals surface area contributed by atoms with Crippen molar-refractivity contribution in [2.45, 2.75) is 13.0 Å². The van der Waals surface area contributed by atoms with Crippen LogP contribution in [0.4, 0.5) is 8.78 Å². The highest BCUT2D eigenvalue weighted by molar-refractivity contribution is 5.95. The summed E-state index contributed by atoms with van der Waals surface area (Å²) in [7, 11) is 0. The number of ether oxygens (including phenoxy) is 2. The molecule has 184 valence electrons. The van der Waals surface area contributed by atoms with Crippen LogP contribution in [-0.4, -0.2) is 42.9 Å². The van der Waals surface area contributed by atoms with Gasteiger partial charge in [-0.2, -0.15) is 5.26 Å². The van der Waals surface area contributed by atoms with Gasteiger partial charge < -0.3 is 14.6 Å². The van der Waals surface area contributed by atoms with E-state index in [0.29, 0.717) is 17.9 Å². The van der Waals surface area contributed by atoms with Gasteiger partial charge in [0, 0.05) is 36.7 Å². The predicted molar refractivity (Wildman–Crippen MR) is 133 cm³/mol. The van der Waals surface area contributed by atoms with Crippen molar-refractivity contribution in [3.05, 3.63) is 88.7 Å². The maximum atomic E-state index is 14.1. The Morgan fingerprint density at radius 2 is 1.89 bits per heavy atom. The molecule has 0 amide bonds. The number of phenols is 1. The lowest BCUT2D eigenvalue weighted by atomic mass is 9.85. The summed E-state index contributed by atoms with van der Waals surface area (Å²) in [5.41, 5.74) is 3.90. The first-order valence-corrected chi connectivity index (χ1v) is 11.9. The fraction of sp³-hybridized carbons (Fsp3) is 0.276. The number of rotatable bonds is 7. The predicted octanol–water partition coefficient (Wildman–Crippen LogP) is 5.75. The Morgan fingerprint density at radius 3 is 2.61 bits per heavy atom. The Morgan fingerprint density at radius 1 is 1.11 bits per heavy atom. The second-order valence-electron chi connectivity index (χ2n) is 9.22. The summed E-state index contributed by atoms with van der Waals surface area (Å²) in [6.07, 6.45) is -0.508. The van der Waals surface area contributed by atoms with Gasteiger partial charge in [0.05, 0.1) is 12.2 Å². The van der Waals surface area contributed by atoms with E-state index in [2.05, 4.69) is 4.90 Å². The van der Waals surface area contributed by atoms with Crippen LogP contribution in [0.2, 0.25) is 0 Å². The monoisotopic (exact) mass is 488 g/mol. The molecule has 0 radical (unpaired) electrons. The number of hydrogen-bond acceptors (Lipinski definition) is 5. The molecule has 0 aliphatic carbocycles. The highest BCUT2D eigenvalue weighted by Gasteiger charge is 2.30. The molecule has 2 aliphatic heterocycles. The second-order valence-corrected chi connectivity index (χ2v) is 9.22. The first-order chi connectivity index (χ1) is 17.5. The van der Waals surface area contributed by atoms with Crippen molar-refractivity contribution in [1.29, 1.82) is 5.26 Å². The average molecular weight is 489 g/mol. The van der Waals surface area contributed by atoms with Gasteiger partial charge >= 0.3 is 0 Å². The number of alkyl halides is 1. The van der Waals surface area contributed by atoms with Crippen molar-refractivity contribution < 1.29 is 23.4 Å². The van der Waals surface area contributed by atoms with Gasteiger partial charge in [-0.1, -0.05) is 18.2 Å². The summed E-state index contributed by atoms with van der Waals surface area (Å²) in [4.78, 5) is 2.17. The van der Waals surface area contributed by atoms with Gasteiger partial charge in [-0.25, -0.2) is 4.39 Å². The smallest absolute Gasteiger partial charge is 0.150 e. The molecule has 36 heavy (non-hydrogen) atoms. The topological polar surface area (TPSA) is 65.7 Å². The minimum absolute atomic E-state index is 0.0444. The SMILES string of the molecule is CC1=C(c2ccc(F)c(C#N)c2)C(c2ccc(OCCN3CC(CF)C3)cc2)Oc2ccc(O)cc21. The van der Waals surface area contributed by atoms with Gasteiger partial charge in [0.1, 0.15) is 41.8 Å². The number of allylic oxidation sites excluding steroid dienone is 1. The number of fused-ring (bicyclic) bond motifs is 1. The van der Waals surface area contributed by atoms with Crippen LogP contribution < -0.4 is 9.47 Å². The quantitative estimate of drug-likeness (QED) is 0.459. The van der Waals surface area contributed by atoms with Crippen LogP contribution in [0, 0.1) is 23.1 Å². The normalized spacial score (nSPS) is 17.7. The lowest BCUT2D eigenvalue weighted by Gasteiger charge is -2.37. The van der Waals surface area contributed by atoms with E-state index in [4.69, 9.17) is 9.47 Å². The number of phenolic OH excluding ortho intramolecular Hbond substituents is 1. The number of nitrogens with zero attached hydrogens (tertiary/aromatic N) is 2. The minimum Gasteiger partial charge on any atom is -0.508 e. The first kappa shape index (κ1) is 23.8. The van der Waals surface area contributed by atoms with E-state index in [0.717, 1.165) is 47.7 Å². The summed E-state index contributed by atoms with van der Waals surface area (Å²) >= 11 is 0. The fourth-order valence-electron chi connectivity index (χ4n) is 4.81. The number of aromatic hydroxyl groups is 1. The Hall–Kier alpha value is -3.89. The summed E-state index contributed by atoms with van der Waals surface area (Å²) < 4.78 is 38.9. The molecule has 3 aromatic carbocycles. The maximum absolute atomic E-state index is 14.1. The van der Waals surface area contributed by atoms with E-state index < -0.39 is 11.9 Å². The van der Waals surface area contributed by atoms with Crippen LogP contribution in [0.25, 0.3) is 11.1 Å². The van der Waals surface area contributed by atoms with Crippen molar-refractivity contribution >= 4 is 11.1 Å². The lowest BCUT2D eigenvalue weighted by Crippen LogP contribution is -2.49. The van der Waals surface area contributed by atoms with E-state index in [1.54, 1.807) is 24.3 Å². The van der Waals surface area contributed by atoms with Crippen LogP contribution in [0.5, 0.6) is 17.2 Å². The number of nitriles is 1. The molecule has 0 spiro atoms. The van der Waals surface area contributed by atoms with E-state index >= 15 is 0 Å². The highest BCUT2D eigenvalue weighted by atomic mass is 19.1. The lowest BCUT2D eigenvalue weighted by molar-refractivity contribution is 0.0668. The van der Waals surface area contributed by atoms with Gasteiger partial charge in [-0.05, 0) is 66.1 Å². The third kappa shape index (κ3) is 4.65. The molecule has 7 heteroatoms. The van der Waals surface area contributed by atoms with E-state index in [9.17, 15) is 19.1 Å². The number of benzene rings is 3. The van der Waals surface area contributed by atoms with Crippen LogP contribution >= 0.6 is 0 Å². The van der Waals surface area contributed by atoms with Crippen LogP contribution in [0.3, 0.4) is 0 Å². The minimum atomic E-state index is -0.578. The summed E-state index contributed by atoms with van der Waals surface area (Å²) in [5, 5.41) is 19.4. The van der Waals surface area contributed by atoms with Crippen molar-refractivity contribution in [2.75, 3.05) is 32.9 Å². The molecule has 1 N–H and O–H groups in total. The van der Waals surface area contributed by atoms with Crippen molar-refractivity contribution in [3.8, 4) is 23.3 Å². The number of likely N-dealkylation sites (tertiary alicyclic amines) is 1. The molecular weight excluding hydrogens is 462 g/mol. The van der Waals surface area contributed by atoms with Crippen molar-refractivity contribution in [1.82, 2.24) is 4.90 Å². The maximum Gasteiger partial charge on any atom is 0.150 e. The number of hydrogen-bond donors (Lipinski definition) is 1. The van der Waals surface area contributed by atoms with Crippen molar-refractivity contribution in [2.24, 2.45) is 5.92 Å². The molecule has 2 aliphatic rings. The molecule has 1 saturated heterocycles. The van der Waals surface area contributed by atoms with Crippen LogP contribution in [0.15, 0.2) is 60.7 Å². The third-order valence-corrected chi connectivity index (χ3v) is 6.79. The summed E-state index contributed by atoms with van der Waals surface area (Å²) in [6, 6.07) is 18.9. The Bertz CT molecular complexity index is 1340. The highest BCUT2D eigenvalue weighted by Crippen LogP contribution is 2.47. The molecule has 5 rings (SSSR count). The van der Waals surface area contributed by atoms with Gasteiger partial charge in [0.15, 0.2) is 0 Å². The van der Waals surface area contributed by atoms with Gasteiger partial charge in [-0.3, -0.25) is 9.29 Å². The Balaban J connectivity index is 1.42. The molecular formula is C29H26F2N2O3. The standard InChI is InChI=1S/C29H26F2N2O3/c1-18-25-13-23(34)5-9-27(25)36-29(28(18)21-4-8-26(31)22(12-21)15-32)20-2-6-24(7-3-20)35-11-10-33-16-19(14-30)17-33/h2-9,12-13,19,29,34H,10-11,14,16-17H2,1H3. The molecule has 2 heterocycles. The molecule has 0 bridgehead atoms. The zero-order valence-electron chi connectivity index (χ0n) is 19.9.